The lowest BCUT2D eigenvalue weighted by molar-refractivity contribution is -0.137. The predicted octanol–water partition coefficient (Wildman–Crippen LogP) is 2.82. The number of anilines is 2. The molecule has 2 saturated heterocycles. The van der Waals surface area contributed by atoms with Crippen molar-refractivity contribution in [3.05, 3.63) is 60.2 Å². The second kappa shape index (κ2) is 11.4. The molecule has 0 aromatic heterocycles. The maximum Gasteiger partial charge on any atom is 0.321 e. The third-order valence-electron chi connectivity index (χ3n) is 7.03. The first kappa shape index (κ1) is 25.5. The lowest BCUT2D eigenvalue weighted by Crippen LogP contribution is -2.58. The summed E-state index contributed by atoms with van der Waals surface area (Å²) in [6, 6.07) is 17.3. The molecule has 36 heavy (non-hydrogen) atoms. The number of ether oxygens (including phenoxy) is 1. The number of aryl methyl sites for hydroxylation is 1. The van der Waals surface area contributed by atoms with Crippen LogP contribution >= 0.6 is 0 Å². The molecular formula is C27H35N5O4. The number of carbonyl (C=O) groups is 3. The number of amides is 4. The van der Waals surface area contributed by atoms with Gasteiger partial charge in [0.1, 0.15) is 12.1 Å². The van der Waals surface area contributed by atoms with Crippen molar-refractivity contribution in [2.75, 3.05) is 56.8 Å². The van der Waals surface area contributed by atoms with Crippen LogP contribution < -0.4 is 15.5 Å². The van der Waals surface area contributed by atoms with E-state index in [1.54, 1.807) is 16.9 Å². The Labute approximate surface area is 212 Å². The highest BCUT2D eigenvalue weighted by molar-refractivity contribution is 5.97. The maximum atomic E-state index is 13.8. The van der Waals surface area contributed by atoms with Crippen LogP contribution in [-0.2, 0) is 14.3 Å². The van der Waals surface area contributed by atoms with Crippen LogP contribution in [0.4, 0.5) is 16.2 Å². The van der Waals surface area contributed by atoms with Crippen LogP contribution in [0.3, 0.4) is 0 Å². The summed E-state index contributed by atoms with van der Waals surface area (Å²) in [5.41, 5.74) is 1.94. The van der Waals surface area contributed by atoms with E-state index in [2.05, 4.69) is 15.5 Å². The molecule has 9 nitrogen and oxygen atoms in total. The second-order valence-corrected chi connectivity index (χ2v) is 9.37. The summed E-state index contributed by atoms with van der Waals surface area (Å²) in [6.45, 7) is 4.28. The third-order valence-corrected chi connectivity index (χ3v) is 7.03. The minimum Gasteiger partial charge on any atom is -0.385 e. The van der Waals surface area contributed by atoms with Crippen molar-refractivity contribution < 1.29 is 19.1 Å². The SMILES string of the molecule is COCCCNC(=O)CN1CN(c2ccccc2)C2(CCN(C(=O)Nc3ccccc3C)CC2)C1=O. The summed E-state index contributed by atoms with van der Waals surface area (Å²) in [5.74, 6) is -0.239. The number of nitrogens with zero attached hydrogens (tertiary/aromatic N) is 3. The Hall–Kier alpha value is -3.59. The van der Waals surface area contributed by atoms with Gasteiger partial charge in [-0.3, -0.25) is 9.59 Å². The quantitative estimate of drug-likeness (QED) is 0.552. The molecule has 9 heteroatoms. The molecule has 192 valence electrons. The Bertz CT molecular complexity index is 1070. The van der Waals surface area contributed by atoms with Crippen LogP contribution in [0, 0.1) is 6.92 Å². The van der Waals surface area contributed by atoms with Crippen molar-refractivity contribution in [2.45, 2.75) is 31.7 Å². The molecule has 2 aromatic rings. The molecular weight excluding hydrogens is 458 g/mol. The Kier molecular flexibility index (Phi) is 8.10. The highest BCUT2D eigenvalue weighted by Gasteiger charge is 2.54. The fourth-order valence-corrected chi connectivity index (χ4v) is 4.98. The van der Waals surface area contributed by atoms with Gasteiger partial charge in [-0.1, -0.05) is 36.4 Å². The summed E-state index contributed by atoms with van der Waals surface area (Å²) in [5, 5.41) is 5.86. The van der Waals surface area contributed by atoms with Gasteiger partial charge in [0.2, 0.25) is 5.91 Å². The van der Waals surface area contributed by atoms with Crippen LogP contribution in [0.15, 0.2) is 54.6 Å². The Morgan fingerprint density at radius 1 is 1.03 bits per heavy atom. The average Bonchev–Trinajstić information content (AvgIpc) is 3.15. The number of benzene rings is 2. The van der Waals surface area contributed by atoms with Crippen molar-refractivity contribution in [1.29, 1.82) is 0 Å². The van der Waals surface area contributed by atoms with Crippen LogP contribution in [0.2, 0.25) is 0 Å². The van der Waals surface area contributed by atoms with Gasteiger partial charge in [-0.05, 0) is 49.9 Å². The lowest BCUT2D eigenvalue weighted by Gasteiger charge is -2.43. The Morgan fingerprint density at radius 3 is 2.42 bits per heavy atom. The predicted molar refractivity (Wildman–Crippen MR) is 139 cm³/mol. The van der Waals surface area contributed by atoms with E-state index < -0.39 is 5.54 Å². The Morgan fingerprint density at radius 2 is 1.72 bits per heavy atom. The molecule has 0 aliphatic carbocycles. The summed E-state index contributed by atoms with van der Waals surface area (Å²) in [4.78, 5) is 44.7. The van der Waals surface area contributed by atoms with Crippen LogP contribution in [0.5, 0.6) is 0 Å². The molecule has 2 aliphatic rings. The molecule has 0 atom stereocenters. The van der Waals surface area contributed by atoms with Gasteiger partial charge >= 0.3 is 6.03 Å². The molecule has 2 aliphatic heterocycles. The highest BCUT2D eigenvalue weighted by atomic mass is 16.5. The van der Waals surface area contributed by atoms with Gasteiger partial charge in [-0.2, -0.15) is 0 Å². The van der Waals surface area contributed by atoms with Gasteiger partial charge in [0.15, 0.2) is 0 Å². The molecule has 2 aromatic carbocycles. The van der Waals surface area contributed by atoms with Crippen LogP contribution in [-0.4, -0.2) is 79.7 Å². The van der Waals surface area contributed by atoms with Crippen molar-refractivity contribution in [3.63, 3.8) is 0 Å². The number of hydrogen-bond donors (Lipinski definition) is 2. The van der Waals surface area contributed by atoms with Gasteiger partial charge in [0.05, 0.1) is 6.67 Å². The molecule has 4 rings (SSSR count). The first-order valence-electron chi connectivity index (χ1n) is 12.4. The normalized spacial score (nSPS) is 16.9. The van der Waals surface area contributed by atoms with Gasteiger partial charge in [0, 0.05) is 44.7 Å². The molecule has 0 saturated carbocycles. The average molecular weight is 494 g/mol. The summed E-state index contributed by atoms with van der Waals surface area (Å²) in [6.07, 6.45) is 1.71. The van der Waals surface area contributed by atoms with Crippen molar-refractivity contribution >= 4 is 29.2 Å². The largest absolute Gasteiger partial charge is 0.385 e. The number of likely N-dealkylation sites (tertiary alicyclic amines) is 1. The lowest BCUT2D eigenvalue weighted by atomic mass is 9.85. The molecule has 2 heterocycles. The van der Waals surface area contributed by atoms with E-state index in [-0.39, 0.29) is 24.4 Å². The minimum atomic E-state index is -0.781. The number of carbonyl (C=O) groups excluding carboxylic acids is 3. The van der Waals surface area contributed by atoms with E-state index in [4.69, 9.17) is 4.74 Å². The van der Waals surface area contributed by atoms with E-state index in [0.29, 0.717) is 45.8 Å². The number of rotatable bonds is 8. The van der Waals surface area contributed by atoms with Crippen LogP contribution in [0.25, 0.3) is 0 Å². The first-order valence-corrected chi connectivity index (χ1v) is 12.4. The zero-order valence-corrected chi connectivity index (χ0v) is 21.0. The summed E-state index contributed by atoms with van der Waals surface area (Å²) < 4.78 is 5.02. The molecule has 2 fully saturated rings. The van der Waals surface area contributed by atoms with Gasteiger partial charge < -0.3 is 30.1 Å². The van der Waals surface area contributed by atoms with Crippen molar-refractivity contribution in [2.24, 2.45) is 0 Å². The number of methoxy groups -OCH3 is 1. The zero-order chi connectivity index (χ0) is 25.5. The standard InChI is InChI=1S/C27H35N5O4/c1-21-9-6-7-12-23(21)29-26(35)30-16-13-27(14-17-30)25(34)31(19-24(33)28-15-8-18-36-2)20-32(27)22-10-4-3-5-11-22/h3-7,9-12H,8,13-20H2,1-2H3,(H,28,33)(H,29,35). The van der Waals surface area contributed by atoms with E-state index >= 15 is 0 Å². The molecule has 4 amide bonds. The first-order chi connectivity index (χ1) is 17.4. The molecule has 0 unspecified atom stereocenters. The molecule has 2 N–H and O–H groups in total. The zero-order valence-electron chi connectivity index (χ0n) is 21.0. The molecule has 0 radical (unpaired) electrons. The summed E-state index contributed by atoms with van der Waals surface area (Å²) in [7, 11) is 1.62. The number of nitrogens with one attached hydrogen (secondary N) is 2. The smallest absolute Gasteiger partial charge is 0.321 e. The number of para-hydroxylation sites is 2. The van der Waals surface area contributed by atoms with Gasteiger partial charge in [0.25, 0.3) is 5.91 Å². The molecule has 0 bridgehead atoms. The van der Waals surface area contributed by atoms with Crippen LogP contribution in [0.1, 0.15) is 24.8 Å². The van der Waals surface area contributed by atoms with E-state index in [0.717, 1.165) is 23.4 Å². The monoisotopic (exact) mass is 493 g/mol. The van der Waals surface area contributed by atoms with Gasteiger partial charge in [-0.25, -0.2) is 4.79 Å². The molecule has 1 spiro atoms. The highest BCUT2D eigenvalue weighted by Crippen LogP contribution is 2.39. The second-order valence-electron chi connectivity index (χ2n) is 9.37. The summed E-state index contributed by atoms with van der Waals surface area (Å²) >= 11 is 0. The fourth-order valence-electron chi connectivity index (χ4n) is 4.98. The van der Waals surface area contributed by atoms with E-state index in [1.807, 2.05) is 61.5 Å². The minimum absolute atomic E-state index is 0.00832. The number of urea groups is 1. The van der Waals surface area contributed by atoms with Crippen molar-refractivity contribution in [3.8, 4) is 0 Å². The Balaban J connectivity index is 1.45. The number of hydrogen-bond acceptors (Lipinski definition) is 5. The van der Waals surface area contributed by atoms with Crippen molar-refractivity contribution in [1.82, 2.24) is 15.1 Å². The van der Waals surface area contributed by atoms with E-state index in [1.165, 1.54) is 0 Å². The topological polar surface area (TPSA) is 94.2 Å². The number of piperidine rings is 1. The van der Waals surface area contributed by atoms with E-state index in [9.17, 15) is 14.4 Å². The van der Waals surface area contributed by atoms with Gasteiger partial charge in [-0.15, -0.1) is 0 Å². The third kappa shape index (κ3) is 5.46. The fraction of sp³-hybridized carbons (Fsp3) is 0.444. The maximum absolute atomic E-state index is 13.8.